The van der Waals surface area contributed by atoms with Gasteiger partial charge in [-0.15, -0.1) is 0 Å². The number of fused-ring (bicyclic) bond motifs is 1. The predicted molar refractivity (Wildman–Crippen MR) is 136 cm³/mol. The molecule has 2 aromatic carbocycles. The van der Waals surface area contributed by atoms with Crippen LogP contribution in [0.1, 0.15) is 29.8 Å². The van der Waals surface area contributed by atoms with Crippen molar-refractivity contribution in [2.24, 2.45) is 0 Å². The SMILES string of the molecule is COCCn1cc(-c2ccc(F)cc2)c(C(=O)N2CCCCC2CNc2cnc3cc(F)c(F)cc3n2)n1. The highest BCUT2D eigenvalue weighted by molar-refractivity contribution is 5.99. The van der Waals surface area contributed by atoms with E-state index in [-0.39, 0.29) is 28.8 Å². The summed E-state index contributed by atoms with van der Waals surface area (Å²) in [6, 6.07) is 7.84. The van der Waals surface area contributed by atoms with Crippen molar-refractivity contribution >= 4 is 22.8 Å². The van der Waals surface area contributed by atoms with E-state index >= 15 is 0 Å². The summed E-state index contributed by atoms with van der Waals surface area (Å²) >= 11 is 0. The molecule has 4 aromatic rings. The standard InChI is InChI=1S/C27H27F3N6O2/c1-38-11-10-35-16-20(17-5-7-18(28)8-6-17)26(34-35)27(37)36-9-3-2-4-19(36)14-32-25-15-31-23-12-21(29)22(30)13-24(23)33-25/h5-8,12-13,15-16,19H,2-4,9-11,14H2,1H3,(H,32,33). The lowest BCUT2D eigenvalue weighted by Gasteiger charge is -2.35. The lowest BCUT2D eigenvalue weighted by Crippen LogP contribution is -2.47. The van der Waals surface area contributed by atoms with Crippen molar-refractivity contribution in [2.45, 2.75) is 31.8 Å². The fraction of sp³-hybridized carbons (Fsp3) is 0.333. The first-order valence-corrected chi connectivity index (χ1v) is 12.4. The monoisotopic (exact) mass is 524 g/mol. The molecule has 1 N–H and O–H groups in total. The molecule has 1 atom stereocenters. The number of nitrogens with zero attached hydrogens (tertiary/aromatic N) is 5. The molecule has 3 heterocycles. The number of methoxy groups -OCH3 is 1. The molecule has 1 saturated heterocycles. The number of piperidine rings is 1. The van der Waals surface area contributed by atoms with Gasteiger partial charge in [0.15, 0.2) is 17.3 Å². The van der Waals surface area contributed by atoms with Crippen molar-refractivity contribution in [3.8, 4) is 11.1 Å². The van der Waals surface area contributed by atoms with Crippen LogP contribution in [0.4, 0.5) is 19.0 Å². The lowest BCUT2D eigenvalue weighted by atomic mass is 10.00. The molecule has 1 aliphatic heterocycles. The Hall–Kier alpha value is -3.99. The van der Waals surface area contributed by atoms with E-state index in [0.717, 1.165) is 31.4 Å². The van der Waals surface area contributed by atoms with Crippen molar-refractivity contribution in [3.63, 3.8) is 0 Å². The molecule has 0 aliphatic carbocycles. The van der Waals surface area contributed by atoms with Crippen molar-refractivity contribution < 1.29 is 22.7 Å². The van der Waals surface area contributed by atoms with Crippen LogP contribution >= 0.6 is 0 Å². The van der Waals surface area contributed by atoms with Crippen LogP contribution in [0.3, 0.4) is 0 Å². The third-order valence-corrected chi connectivity index (χ3v) is 6.64. The maximum atomic E-state index is 13.8. The normalized spacial score (nSPS) is 15.7. The number of ether oxygens (including phenoxy) is 1. The molecule has 0 radical (unpaired) electrons. The number of anilines is 1. The average molecular weight is 525 g/mol. The zero-order chi connectivity index (χ0) is 26.6. The Morgan fingerprint density at radius 2 is 1.87 bits per heavy atom. The van der Waals surface area contributed by atoms with Gasteiger partial charge in [0.25, 0.3) is 5.91 Å². The van der Waals surface area contributed by atoms with Gasteiger partial charge in [-0.1, -0.05) is 12.1 Å². The van der Waals surface area contributed by atoms with Crippen LogP contribution < -0.4 is 5.32 Å². The van der Waals surface area contributed by atoms with Gasteiger partial charge in [-0.2, -0.15) is 5.10 Å². The van der Waals surface area contributed by atoms with E-state index < -0.39 is 11.6 Å². The number of carbonyl (C=O) groups is 1. The first kappa shape index (κ1) is 25.7. The number of aromatic nitrogens is 4. The minimum atomic E-state index is -0.991. The summed E-state index contributed by atoms with van der Waals surface area (Å²) in [4.78, 5) is 24.1. The second-order valence-electron chi connectivity index (χ2n) is 9.19. The van der Waals surface area contributed by atoms with Gasteiger partial charge in [-0.3, -0.25) is 14.5 Å². The molecule has 0 saturated carbocycles. The third-order valence-electron chi connectivity index (χ3n) is 6.64. The van der Waals surface area contributed by atoms with E-state index in [1.165, 1.54) is 18.3 Å². The third kappa shape index (κ3) is 5.47. The quantitative estimate of drug-likeness (QED) is 0.361. The molecule has 11 heteroatoms. The number of benzene rings is 2. The summed E-state index contributed by atoms with van der Waals surface area (Å²) in [7, 11) is 1.59. The average Bonchev–Trinajstić information content (AvgIpc) is 3.36. The molecule has 5 rings (SSSR count). The topological polar surface area (TPSA) is 85.2 Å². The van der Waals surface area contributed by atoms with Crippen LogP contribution in [0.5, 0.6) is 0 Å². The van der Waals surface area contributed by atoms with E-state index in [9.17, 15) is 18.0 Å². The summed E-state index contributed by atoms with van der Waals surface area (Å²) in [5.74, 6) is -2.14. The fourth-order valence-corrected chi connectivity index (χ4v) is 4.65. The first-order chi connectivity index (χ1) is 18.4. The van der Waals surface area contributed by atoms with E-state index in [1.807, 2.05) is 0 Å². The molecule has 1 unspecified atom stereocenters. The van der Waals surface area contributed by atoms with Gasteiger partial charge in [-0.25, -0.2) is 18.2 Å². The molecule has 8 nitrogen and oxygen atoms in total. The Kier molecular flexibility index (Phi) is 7.54. The molecule has 1 aliphatic rings. The van der Waals surface area contributed by atoms with Crippen LogP contribution in [0.25, 0.3) is 22.2 Å². The highest BCUT2D eigenvalue weighted by Crippen LogP contribution is 2.27. The lowest BCUT2D eigenvalue weighted by molar-refractivity contribution is 0.0621. The summed E-state index contributed by atoms with van der Waals surface area (Å²) in [6.07, 6.45) is 5.83. The van der Waals surface area contributed by atoms with Gasteiger partial charge in [0.1, 0.15) is 11.6 Å². The Morgan fingerprint density at radius 3 is 2.63 bits per heavy atom. The van der Waals surface area contributed by atoms with Gasteiger partial charge in [-0.05, 0) is 37.0 Å². The molecular formula is C27H27F3N6O2. The second-order valence-corrected chi connectivity index (χ2v) is 9.19. The summed E-state index contributed by atoms with van der Waals surface area (Å²) in [5, 5.41) is 7.76. The number of nitrogens with one attached hydrogen (secondary N) is 1. The molecule has 38 heavy (non-hydrogen) atoms. The highest BCUT2D eigenvalue weighted by atomic mass is 19.2. The second kappa shape index (κ2) is 11.2. The Balaban J connectivity index is 1.37. The molecule has 1 amide bonds. The van der Waals surface area contributed by atoms with Gasteiger partial charge in [0, 0.05) is 50.1 Å². The molecule has 0 bridgehead atoms. The van der Waals surface area contributed by atoms with Crippen molar-refractivity contribution in [2.75, 3.05) is 32.1 Å². The van der Waals surface area contributed by atoms with Crippen LogP contribution in [0.15, 0.2) is 48.8 Å². The fourth-order valence-electron chi connectivity index (χ4n) is 4.65. The number of hydrogen-bond acceptors (Lipinski definition) is 6. The maximum Gasteiger partial charge on any atom is 0.275 e. The number of amides is 1. The van der Waals surface area contributed by atoms with E-state index in [1.54, 1.807) is 35.0 Å². The zero-order valence-corrected chi connectivity index (χ0v) is 20.8. The number of halogens is 3. The Labute approximate surface area is 217 Å². The van der Waals surface area contributed by atoms with Crippen molar-refractivity contribution in [1.29, 1.82) is 0 Å². The van der Waals surface area contributed by atoms with E-state index in [2.05, 4.69) is 20.4 Å². The minimum absolute atomic E-state index is 0.149. The Morgan fingerprint density at radius 1 is 1.11 bits per heavy atom. The highest BCUT2D eigenvalue weighted by Gasteiger charge is 2.31. The van der Waals surface area contributed by atoms with Gasteiger partial charge in [0.2, 0.25) is 0 Å². The number of rotatable bonds is 8. The summed E-state index contributed by atoms with van der Waals surface area (Å²) in [6.45, 7) is 1.85. The molecule has 0 spiro atoms. The number of carbonyl (C=O) groups excluding carboxylic acids is 1. The van der Waals surface area contributed by atoms with Gasteiger partial charge in [0.05, 0.1) is 30.4 Å². The Bertz CT molecular complexity index is 1440. The molecule has 198 valence electrons. The van der Waals surface area contributed by atoms with Crippen LogP contribution in [-0.2, 0) is 11.3 Å². The smallest absolute Gasteiger partial charge is 0.275 e. The largest absolute Gasteiger partial charge is 0.383 e. The van der Waals surface area contributed by atoms with E-state index in [4.69, 9.17) is 4.74 Å². The number of likely N-dealkylation sites (tertiary alicyclic amines) is 1. The predicted octanol–water partition coefficient (Wildman–Crippen LogP) is 4.66. The van der Waals surface area contributed by atoms with E-state index in [0.29, 0.717) is 48.9 Å². The minimum Gasteiger partial charge on any atom is -0.383 e. The molecule has 1 fully saturated rings. The zero-order valence-electron chi connectivity index (χ0n) is 20.8. The molecular weight excluding hydrogens is 497 g/mol. The van der Waals surface area contributed by atoms with Gasteiger partial charge < -0.3 is 15.0 Å². The summed E-state index contributed by atoms with van der Waals surface area (Å²) in [5.41, 5.74) is 2.10. The summed E-state index contributed by atoms with van der Waals surface area (Å²) < 4.78 is 47.5. The van der Waals surface area contributed by atoms with Crippen molar-refractivity contribution in [3.05, 3.63) is 71.9 Å². The van der Waals surface area contributed by atoms with Crippen LogP contribution in [0, 0.1) is 17.5 Å². The van der Waals surface area contributed by atoms with Crippen LogP contribution in [-0.4, -0.2) is 63.4 Å². The van der Waals surface area contributed by atoms with Gasteiger partial charge >= 0.3 is 0 Å². The van der Waals surface area contributed by atoms with Crippen LogP contribution in [0.2, 0.25) is 0 Å². The molecule has 2 aromatic heterocycles. The van der Waals surface area contributed by atoms with Crippen molar-refractivity contribution in [1.82, 2.24) is 24.6 Å². The first-order valence-electron chi connectivity index (χ1n) is 12.4. The number of hydrogen-bond donors (Lipinski definition) is 1. The maximum absolute atomic E-state index is 13.8.